The molecule has 15 aromatic carbocycles. The van der Waals surface area contributed by atoms with Crippen LogP contribution >= 0.6 is 0 Å². The van der Waals surface area contributed by atoms with Crippen molar-refractivity contribution in [2.45, 2.75) is 0 Å². The topological polar surface area (TPSA) is 997 Å². The number of hydrogen-bond donors (Lipinski definition) is 48. The largest absolute Gasteiger partial charge is 0.506 e. The van der Waals surface area contributed by atoms with Crippen LogP contribution in [0, 0.1) is 0 Å². The first-order chi connectivity index (χ1) is 59.7. The molecule has 50 heteroatoms. The van der Waals surface area contributed by atoms with Crippen LogP contribution in [-0.2, 0) is 0 Å². The molecule has 128 heavy (non-hydrogen) atoms. The highest BCUT2D eigenvalue weighted by Gasteiger charge is 2.45. The number of phenolic OH excluding ortho intramolecular Hbond substituents is 48. The Morgan fingerprint density at radius 2 is 0.188 bits per heavy atom. The van der Waals surface area contributed by atoms with Crippen LogP contribution in [0.4, 0.5) is 0 Å². The summed E-state index contributed by atoms with van der Waals surface area (Å²) in [5, 5.41) is 512. The van der Waals surface area contributed by atoms with Gasteiger partial charge in [0, 0.05) is 109 Å². The van der Waals surface area contributed by atoms with Crippen LogP contribution < -0.4 is 0 Å². The zero-order chi connectivity index (χ0) is 94.4. The van der Waals surface area contributed by atoms with E-state index >= 15 is 0 Å². The smallest absolute Gasteiger partial charge is 0.208 e. The summed E-state index contributed by atoms with van der Waals surface area (Å²) >= 11 is 0. The zero-order valence-electron chi connectivity index (χ0n) is 61.3. The van der Waals surface area contributed by atoms with Crippen molar-refractivity contribution in [3.8, 4) is 332 Å². The molecule has 0 spiro atoms. The van der Waals surface area contributed by atoms with Crippen molar-refractivity contribution < 1.29 is 254 Å². The van der Waals surface area contributed by atoms with Gasteiger partial charge in [-0.15, -0.1) is 0 Å². The number of phenols is 48. The van der Waals surface area contributed by atoms with E-state index in [0.717, 1.165) is 0 Å². The minimum Gasteiger partial charge on any atom is -0.506 e. The average Bonchev–Trinajstić information content (AvgIpc) is 1.03. The fourth-order valence-electron chi connectivity index (χ4n) is 15.9. The van der Waals surface area contributed by atoms with Gasteiger partial charge in [-0.2, -0.15) is 0 Å². The minimum atomic E-state index is -1.87. The summed E-state index contributed by atoms with van der Waals surface area (Å²) in [5.41, 5.74) is -18.3. The summed E-state index contributed by atoms with van der Waals surface area (Å²) in [6.07, 6.45) is 0. The lowest BCUT2D eigenvalue weighted by molar-refractivity contribution is 0.329. The second-order valence-electron chi connectivity index (χ2n) is 28.0. The average molecular weight is 1790 g/mol. The van der Waals surface area contributed by atoms with E-state index in [4.69, 9.17) is 8.83 Å². The van der Waals surface area contributed by atoms with E-state index in [1.54, 1.807) is 0 Å². The molecule has 2 aromatic heterocycles. The molecule has 17 rings (SSSR count). The van der Waals surface area contributed by atoms with Gasteiger partial charge in [-0.25, -0.2) is 0 Å². The van der Waals surface area contributed by atoms with Crippen LogP contribution in [0.1, 0.15) is 0 Å². The van der Waals surface area contributed by atoms with Crippen molar-refractivity contribution in [3.63, 3.8) is 0 Å². The minimum absolute atomic E-state index is 0.986. The molecule has 0 aliphatic heterocycles. The SMILES string of the molecule is Oc1c(O)c(O)c(-c2c(O)c(-c3c4c(O)c(O)c(O)c(O)c4c(-c4c(O)c(O)c(O)c5oc6c(O)c(O)c(O)c(O)c6c45)c4c(O)c(O)c(O)c(O)c34)c(O)c3c(O)c(O)c(O)c(O)c23)c(O)c1O.Oc1c(O)c(O)c2c(oc3c(O)c(O)c(O)c(-c4c5c(O)c(O)c(O)c(O)c5c(-c5c(O)c(O)c(O)c6c(O)c(O)c(O)c(O)c56)c5c(O)c(O)c(O)c(O)c45)c32)c1O. The summed E-state index contributed by atoms with van der Waals surface area (Å²) in [4.78, 5) is 0. The molecule has 48 N–H and O–H groups in total. The maximum absolute atomic E-state index is 12.4. The molecule has 2 heterocycles. The summed E-state index contributed by atoms with van der Waals surface area (Å²) in [7, 11) is 0. The highest BCUT2D eigenvalue weighted by molar-refractivity contribution is 6.38. The Kier molecular flexibility index (Phi) is 16.4. The van der Waals surface area contributed by atoms with Gasteiger partial charge >= 0.3 is 0 Å². The van der Waals surface area contributed by atoms with Gasteiger partial charge in [-0.05, 0) is 0 Å². The van der Waals surface area contributed by atoms with Gasteiger partial charge in [0.25, 0.3) is 0 Å². The van der Waals surface area contributed by atoms with E-state index in [-0.39, 0.29) is 0 Å². The fourth-order valence-corrected chi connectivity index (χ4v) is 15.9. The van der Waals surface area contributed by atoms with Crippen LogP contribution in [0.5, 0.6) is 276 Å². The molecule has 0 atom stereocenters. The van der Waals surface area contributed by atoms with E-state index in [1.165, 1.54) is 0 Å². The maximum Gasteiger partial charge on any atom is 0.208 e. The Morgan fingerprint density at radius 3 is 0.422 bits per heavy atom. The molecule has 17 aromatic rings. The number of benzene rings is 15. The molecule has 0 unspecified atom stereocenters. The molecule has 0 bridgehead atoms. The Bertz CT molecular complexity index is 8060. The number of hydrogen-bond acceptors (Lipinski definition) is 50. The van der Waals surface area contributed by atoms with Gasteiger partial charge in [0.05, 0.1) is 32.7 Å². The molecule has 0 aliphatic carbocycles. The van der Waals surface area contributed by atoms with E-state index in [9.17, 15) is 245 Å². The van der Waals surface area contributed by atoms with Gasteiger partial charge in [-0.1, -0.05) is 0 Å². The summed E-state index contributed by atoms with van der Waals surface area (Å²) in [6, 6.07) is 0. The zero-order valence-corrected chi connectivity index (χ0v) is 61.3. The van der Waals surface area contributed by atoms with E-state index in [2.05, 4.69) is 0 Å². The summed E-state index contributed by atoms with van der Waals surface area (Å²) in [6.45, 7) is 0. The van der Waals surface area contributed by atoms with Gasteiger partial charge in [0.1, 0.15) is 11.5 Å². The number of rotatable bonds is 5. The van der Waals surface area contributed by atoms with Gasteiger partial charge in [0.15, 0.2) is 137 Å². The van der Waals surface area contributed by atoms with Crippen molar-refractivity contribution in [2.75, 3.05) is 0 Å². The summed E-state index contributed by atoms with van der Waals surface area (Å²) < 4.78 is 10.8. The number of furan rings is 2. The molecule has 0 radical (unpaired) electrons. The van der Waals surface area contributed by atoms with Crippen LogP contribution in [-0.4, -0.2) is 245 Å². The van der Waals surface area contributed by atoms with Crippen LogP contribution in [0.15, 0.2) is 8.83 Å². The predicted octanol–water partition coefficient (Wildman–Crippen LogP) is 8.29. The standard InChI is InChI=1S/C42H26O27.C36H22O23/c43-15-8(13-24(52)33(61)37(65)34(62)25(13)53)9-12(23(51)32(60)31(59)22(9)50)16(44)11(15)2-5-3(17(45)27(55)29(57)19(5)47)1(4-6(2)20(48)30(58)28(56)18(4)46)7-10-14-26(54)35(63)38(66)40(68)42(14)69-41(10)39(67)36(64)21(7)49;37-13-7(9-11(20(44)23(13)47)21(45)29(53)28(52)19(9)43)1-3-5(16(40)26(50)24(48)14(3)38)2(6-4(1)15(39)25(49)27(51)17(6)41)8-10-12-22(46)30(54)32(56)34(58)36(12)59-35(10)33(57)31(55)18(8)42/h43-68H;37-58H. The van der Waals surface area contributed by atoms with Crippen molar-refractivity contribution in [1.82, 2.24) is 0 Å². The molecule has 50 nitrogen and oxygen atoms in total. The highest BCUT2D eigenvalue weighted by Crippen LogP contribution is 2.74. The molecule has 0 saturated carbocycles. The Hall–Kier alpha value is -20.1. The Labute approximate surface area is 691 Å². The molecule has 0 saturated heterocycles. The normalized spacial score (nSPS) is 11.8. The van der Waals surface area contributed by atoms with Crippen LogP contribution in [0.2, 0.25) is 0 Å². The third kappa shape index (κ3) is 9.40. The second kappa shape index (κ2) is 25.7. The van der Waals surface area contributed by atoms with Crippen molar-refractivity contribution in [2.24, 2.45) is 0 Å². The molecule has 0 amide bonds. The van der Waals surface area contributed by atoms with Crippen molar-refractivity contribution >= 4 is 109 Å². The molecule has 0 fully saturated rings. The van der Waals surface area contributed by atoms with Gasteiger partial charge < -0.3 is 254 Å². The van der Waals surface area contributed by atoms with Gasteiger partial charge in [0.2, 0.25) is 149 Å². The van der Waals surface area contributed by atoms with Crippen molar-refractivity contribution in [1.29, 1.82) is 0 Å². The first-order valence-corrected chi connectivity index (χ1v) is 34.3. The molecule has 0 aliphatic rings. The van der Waals surface area contributed by atoms with E-state index < -0.39 is 440 Å². The number of aromatic hydroxyl groups is 48. The van der Waals surface area contributed by atoms with E-state index in [0.29, 0.717) is 0 Å². The molecule has 660 valence electrons. The lowest BCUT2D eigenvalue weighted by atomic mass is 9.80. The quantitative estimate of drug-likeness (QED) is 0.0437. The summed E-state index contributed by atoms with van der Waals surface area (Å²) in [5.74, 6) is -79.1. The third-order valence-electron chi connectivity index (χ3n) is 21.7. The highest BCUT2D eigenvalue weighted by atomic mass is 16.4. The Balaban J connectivity index is 0.000000190. The predicted molar refractivity (Wildman–Crippen MR) is 420 cm³/mol. The Morgan fingerprint density at radius 1 is 0.0703 bits per heavy atom. The lowest BCUT2D eigenvalue weighted by Crippen LogP contribution is -1.98. The second-order valence-corrected chi connectivity index (χ2v) is 28.0. The first-order valence-electron chi connectivity index (χ1n) is 34.3. The van der Waals surface area contributed by atoms with E-state index in [1.807, 2.05) is 0 Å². The fraction of sp³-hybridized carbons (Fsp3) is 0. The van der Waals surface area contributed by atoms with Crippen LogP contribution in [0.3, 0.4) is 0 Å². The first kappa shape index (κ1) is 81.6. The van der Waals surface area contributed by atoms with Crippen LogP contribution in [0.25, 0.3) is 164 Å². The lowest BCUT2D eigenvalue weighted by Gasteiger charge is -2.25. The third-order valence-corrected chi connectivity index (χ3v) is 21.7. The van der Waals surface area contributed by atoms with Crippen molar-refractivity contribution in [3.05, 3.63) is 0 Å². The monoisotopic (exact) mass is 1780 g/mol. The van der Waals surface area contributed by atoms with Gasteiger partial charge in [-0.3, -0.25) is 0 Å². The molecular weight excluding hydrogens is 1740 g/mol. The number of fused-ring (bicyclic) bond motifs is 12. The maximum atomic E-state index is 12.4. The molecular formula is C78H48O50.